The zero-order chi connectivity index (χ0) is 17.0. The number of benzene rings is 1. The molecule has 0 aliphatic rings. The third kappa shape index (κ3) is 3.86. The Labute approximate surface area is 137 Å². The lowest BCUT2D eigenvalue weighted by molar-refractivity contribution is 0.102. The van der Waals surface area contributed by atoms with Gasteiger partial charge in [0.2, 0.25) is 5.95 Å². The highest BCUT2D eigenvalue weighted by molar-refractivity contribution is 6.03. The number of carbonyl (C=O) groups excluding carboxylic acids is 1. The molecule has 1 aromatic carbocycles. The summed E-state index contributed by atoms with van der Waals surface area (Å²) < 4.78 is 0. The monoisotopic (exact) mass is 312 g/mol. The second-order valence-corrected chi connectivity index (χ2v) is 5.64. The van der Waals surface area contributed by atoms with Gasteiger partial charge in [-0.2, -0.15) is 0 Å². The van der Waals surface area contributed by atoms with Crippen molar-refractivity contribution in [2.75, 3.05) is 23.3 Å². The SMILES string of the molecule is CCN(CC)c1nccc(C(=O)Nc2c(C)cc(C)cc2C)n1. The Hall–Kier alpha value is -2.43. The lowest BCUT2D eigenvalue weighted by atomic mass is 10.1. The Morgan fingerprint density at radius 2 is 1.74 bits per heavy atom. The Bertz CT molecular complexity index is 685. The number of nitrogens with one attached hydrogen (secondary N) is 1. The molecule has 0 unspecified atom stereocenters. The first kappa shape index (κ1) is 16.9. The lowest BCUT2D eigenvalue weighted by Gasteiger charge is -2.18. The van der Waals surface area contributed by atoms with Gasteiger partial charge >= 0.3 is 0 Å². The van der Waals surface area contributed by atoms with Crippen molar-refractivity contribution in [1.29, 1.82) is 0 Å². The minimum absolute atomic E-state index is 0.212. The van der Waals surface area contributed by atoms with E-state index in [0.29, 0.717) is 11.6 Å². The highest BCUT2D eigenvalue weighted by Gasteiger charge is 2.14. The van der Waals surface area contributed by atoms with E-state index in [-0.39, 0.29) is 5.91 Å². The lowest BCUT2D eigenvalue weighted by Crippen LogP contribution is -2.25. The predicted octanol–water partition coefficient (Wildman–Crippen LogP) is 3.50. The Morgan fingerprint density at radius 1 is 1.13 bits per heavy atom. The molecule has 1 amide bonds. The van der Waals surface area contributed by atoms with Crippen molar-refractivity contribution >= 4 is 17.5 Å². The van der Waals surface area contributed by atoms with Crippen molar-refractivity contribution < 1.29 is 4.79 Å². The van der Waals surface area contributed by atoms with Crippen molar-refractivity contribution in [3.63, 3.8) is 0 Å². The van der Waals surface area contributed by atoms with Crippen LogP contribution in [0.5, 0.6) is 0 Å². The van der Waals surface area contributed by atoms with Gasteiger partial charge in [-0.05, 0) is 51.8 Å². The van der Waals surface area contributed by atoms with Crippen LogP contribution in [0.1, 0.15) is 41.0 Å². The van der Waals surface area contributed by atoms with Gasteiger partial charge in [-0.3, -0.25) is 4.79 Å². The van der Waals surface area contributed by atoms with Gasteiger partial charge in [0.1, 0.15) is 5.69 Å². The van der Waals surface area contributed by atoms with Crippen molar-refractivity contribution in [3.05, 3.63) is 46.8 Å². The van der Waals surface area contributed by atoms with Crippen molar-refractivity contribution in [2.45, 2.75) is 34.6 Å². The number of aryl methyl sites for hydroxylation is 3. The summed E-state index contributed by atoms with van der Waals surface area (Å²) in [7, 11) is 0. The summed E-state index contributed by atoms with van der Waals surface area (Å²) in [6.07, 6.45) is 1.63. The summed E-state index contributed by atoms with van der Waals surface area (Å²) in [6.45, 7) is 11.7. The summed E-state index contributed by atoms with van der Waals surface area (Å²) in [4.78, 5) is 23.2. The molecular formula is C18H24N4O. The zero-order valence-electron chi connectivity index (χ0n) is 14.5. The van der Waals surface area contributed by atoms with Crippen LogP contribution in [0.4, 0.5) is 11.6 Å². The van der Waals surface area contributed by atoms with E-state index in [0.717, 1.165) is 29.9 Å². The maximum atomic E-state index is 12.5. The molecule has 2 aromatic rings. The van der Waals surface area contributed by atoms with Gasteiger partial charge < -0.3 is 10.2 Å². The number of hydrogen-bond donors (Lipinski definition) is 1. The average molecular weight is 312 g/mol. The van der Waals surface area contributed by atoms with Gasteiger partial charge in [-0.1, -0.05) is 17.7 Å². The van der Waals surface area contributed by atoms with Crippen LogP contribution < -0.4 is 10.2 Å². The van der Waals surface area contributed by atoms with Gasteiger partial charge in [0.15, 0.2) is 0 Å². The van der Waals surface area contributed by atoms with Gasteiger partial charge in [0, 0.05) is 25.0 Å². The molecule has 5 heteroatoms. The standard InChI is InChI=1S/C18H24N4O/c1-6-22(7-2)18-19-9-8-15(20-18)17(23)21-16-13(4)10-12(3)11-14(16)5/h8-11H,6-7H2,1-5H3,(H,21,23). The van der Waals surface area contributed by atoms with Crippen LogP contribution in [0.25, 0.3) is 0 Å². The first-order chi connectivity index (χ1) is 11.0. The molecule has 5 nitrogen and oxygen atoms in total. The van der Waals surface area contributed by atoms with E-state index in [1.165, 1.54) is 5.56 Å². The fraction of sp³-hybridized carbons (Fsp3) is 0.389. The molecule has 122 valence electrons. The molecule has 0 atom stereocenters. The first-order valence-electron chi connectivity index (χ1n) is 7.93. The molecule has 0 radical (unpaired) electrons. The summed E-state index contributed by atoms with van der Waals surface area (Å²) in [5.74, 6) is 0.371. The summed E-state index contributed by atoms with van der Waals surface area (Å²) in [5.41, 5.74) is 4.51. The van der Waals surface area contributed by atoms with Crippen LogP contribution in [-0.2, 0) is 0 Å². The summed E-state index contributed by atoms with van der Waals surface area (Å²) in [5, 5.41) is 2.98. The number of hydrogen-bond acceptors (Lipinski definition) is 4. The van der Waals surface area contributed by atoms with E-state index in [1.54, 1.807) is 12.3 Å². The quantitative estimate of drug-likeness (QED) is 0.918. The first-order valence-corrected chi connectivity index (χ1v) is 7.93. The fourth-order valence-electron chi connectivity index (χ4n) is 2.69. The van der Waals surface area contributed by atoms with Crippen molar-refractivity contribution in [1.82, 2.24) is 9.97 Å². The Kier molecular flexibility index (Phi) is 5.32. The number of rotatable bonds is 5. The summed E-state index contributed by atoms with van der Waals surface area (Å²) in [6, 6.07) is 5.76. The zero-order valence-corrected chi connectivity index (χ0v) is 14.5. The summed E-state index contributed by atoms with van der Waals surface area (Å²) >= 11 is 0. The molecule has 0 bridgehead atoms. The number of aromatic nitrogens is 2. The molecular weight excluding hydrogens is 288 g/mol. The van der Waals surface area contributed by atoms with Gasteiger partial charge in [0.05, 0.1) is 0 Å². The average Bonchev–Trinajstić information content (AvgIpc) is 2.52. The molecule has 2 rings (SSSR count). The van der Waals surface area contributed by atoms with Crippen LogP contribution in [0.3, 0.4) is 0 Å². The highest BCUT2D eigenvalue weighted by atomic mass is 16.1. The molecule has 1 heterocycles. The molecule has 0 saturated heterocycles. The molecule has 0 spiro atoms. The largest absolute Gasteiger partial charge is 0.341 e. The number of anilines is 2. The van der Waals surface area contributed by atoms with Gasteiger partial charge in [0.25, 0.3) is 5.91 Å². The van der Waals surface area contributed by atoms with E-state index in [1.807, 2.05) is 39.5 Å². The minimum atomic E-state index is -0.212. The van der Waals surface area contributed by atoms with Gasteiger partial charge in [-0.25, -0.2) is 9.97 Å². The number of amides is 1. The van der Waals surface area contributed by atoms with Crippen LogP contribution in [0.2, 0.25) is 0 Å². The predicted molar refractivity (Wildman–Crippen MR) is 94.2 cm³/mol. The van der Waals surface area contributed by atoms with Crippen LogP contribution in [-0.4, -0.2) is 29.0 Å². The number of carbonyl (C=O) groups is 1. The minimum Gasteiger partial charge on any atom is -0.341 e. The smallest absolute Gasteiger partial charge is 0.274 e. The second kappa shape index (κ2) is 7.22. The van der Waals surface area contributed by atoms with Crippen LogP contribution >= 0.6 is 0 Å². The van der Waals surface area contributed by atoms with Crippen LogP contribution in [0.15, 0.2) is 24.4 Å². The molecule has 0 aliphatic heterocycles. The maximum absolute atomic E-state index is 12.5. The van der Waals surface area contributed by atoms with E-state index >= 15 is 0 Å². The van der Waals surface area contributed by atoms with E-state index in [9.17, 15) is 4.79 Å². The Balaban J connectivity index is 2.27. The maximum Gasteiger partial charge on any atom is 0.274 e. The van der Waals surface area contributed by atoms with Crippen molar-refractivity contribution in [3.8, 4) is 0 Å². The van der Waals surface area contributed by atoms with E-state index < -0.39 is 0 Å². The molecule has 0 fully saturated rings. The molecule has 23 heavy (non-hydrogen) atoms. The Morgan fingerprint density at radius 3 is 2.30 bits per heavy atom. The van der Waals surface area contributed by atoms with Gasteiger partial charge in [-0.15, -0.1) is 0 Å². The normalized spacial score (nSPS) is 10.5. The topological polar surface area (TPSA) is 58.1 Å². The van der Waals surface area contributed by atoms with E-state index in [2.05, 4.69) is 27.4 Å². The molecule has 0 saturated carbocycles. The van der Waals surface area contributed by atoms with Crippen molar-refractivity contribution in [2.24, 2.45) is 0 Å². The molecule has 1 N–H and O–H groups in total. The van der Waals surface area contributed by atoms with Crippen LogP contribution in [0, 0.1) is 20.8 Å². The fourth-order valence-corrected chi connectivity index (χ4v) is 2.69. The second-order valence-electron chi connectivity index (χ2n) is 5.64. The molecule has 1 aromatic heterocycles. The van der Waals surface area contributed by atoms with E-state index in [4.69, 9.17) is 0 Å². The number of nitrogens with zero attached hydrogens (tertiary/aromatic N) is 3. The third-order valence-corrected chi connectivity index (χ3v) is 3.84. The third-order valence-electron chi connectivity index (χ3n) is 3.84. The highest BCUT2D eigenvalue weighted by Crippen LogP contribution is 2.22. The molecule has 0 aliphatic carbocycles.